The Bertz CT molecular complexity index is 318. The van der Waals surface area contributed by atoms with E-state index in [0.717, 1.165) is 19.3 Å². The van der Waals surface area contributed by atoms with Gasteiger partial charge in [0.1, 0.15) is 0 Å². The lowest BCUT2D eigenvalue weighted by molar-refractivity contribution is -0.139. The summed E-state index contributed by atoms with van der Waals surface area (Å²) in [6.45, 7) is 2.17. The topological polar surface area (TPSA) is 96.9 Å². The molecule has 0 aromatic carbocycles. The number of aliphatic carboxylic acids is 1. The molecular formula is C13H24N2O5. The van der Waals surface area contributed by atoms with Crippen molar-refractivity contribution in [2.24, 2.45) is 0 Å². The van der Waals surface area contributed by atoms with E-state index in [0.29, 0.717) is 32.8 Å². The predicted molar refractivity (Wildman–Crippen MR) is 72.7 cm³/mol. The normalized spacial score (nSPS) is 16.2. The molecule has 7 nitrogen and oxygen atoms in total. The van der Waals surface area contributed by atoms with E-state index >= 15 is 0 Å². The van der Waals surface area contributed by atoms with Crippen LogP contribution in [-0.4, -0.2) is 56.1 Å². The van der Waals surface area contributed by atoms with Crippen molar-refractivity contribution in [2.45, 2.75) is 37.6 Å². The predicted octanol–water partition coefficient (Wildman–Crippen LogP) is 0.736. The number of ether oxygens (including phenoxy) is 2. The monoisotopic (exact) mass is 288 g/mol. The summed E-state index contributed by atoms with van der Waals surface area (Å²) in [5, 5.41) is 14.3. The first-order valence-corrected chi connectivity index (χ1v) is 6.92. The van der Waals surface area contributed by atoms with E-state index in [1.165, 1.54) is 0 Å². The van der Waals surface area contributed by atoms with Crippen LogP contribution in [0.2, 0.25) is 0 Å². The molecule has 1 fully saturated rings. The summed E-state index contributed by atoms with van der Waals surface area (Å²) in [6, 6.07) is -0.303. The number of nitrogens with one attached hydrogen (secondary N) is 2. The van der Waals surface area contributed by atoms with Crippen molar-refractivity contribution in [1.82, 2.24) is 10.6 Å². The van der Waals surface area contributed by atoms with E-state index < -0.39 is 11.5 Å². The maximum absolute atomic E-state index is 11.7. The van der Waals surface area contributed by atoms with Gasteiger partial charge in [0.25, 0.3) is 0 Å². The summed E-state index contributed by atoms with van der Waals surface area (Å²) in [4.78, 5) is 22.5. The zero-order valence-corrected chi connectivity index (χ0v) is 11.9. The molecule has 1 saturated carbocycles. The fourth-order valence-electron chi connectivity index (χ4n) is 2.14. The molecule has 0 atom stereocenters. The Balaban J connectivity index is 2.09. The van der Waals surface area contributed by atoms with Crippen LogP contribution >= 0.6 is 0 Å². The minimum Gasteiger partial charge on any atom is -0.481 e. The molecule has 0 radical (unpaired) electrons. The van der Waals surface area contributed by atoms with Crippen LogP contribution in [0.15, 0.2) is 0 Å². The number of hydrogen-bond donors (Lipinski definition) is 3. The molecule has 116 valence electrons. The van der Waals surface area contributed by atoms with Crippen molar-refractivity contribution in [3.8, 4) is 0 Å². The number of amides is 2. The number of urea groups is 1. The van der Waals surface area contributed by atoms with Crippen LogP contribution in [0.3, 0.4) is 0 Å². The number of rotatable bonds is 10. The zero-order chi connectivity index (χ0) is 14.8. The summed E-state index contributed by atoms with van der Waals surface area (Å²) in [7, 11) is 1.61. The van der Waals surface area contributed by atoms with Crippen molar-refractivity contribution >= 4 is 12.0 Å². The Morgan fingerprint density at radius 2 is 2.00 bits per heavy atom. The molecule has 1 aliphatic carbocycles. The molecule has 1 aliphatic rings. The SMILES string of the molecule is COCCOCCCNC(=O)NC1(CC(=O)O)CCC1. The molecule has 0 saturated heterocycles. The zero-order valence-electron chi connectivity index (χ0n) is 11.9. The number of carboxylic acids is 1. The van der Waals surface area contributed by atoms with E-state index in [2.05, 4.69) is 10.6 Å². The Kier molecular flexibility index (Phi) is 7.32. The molecule has 0 aromatic rings. The second-order valence-corrected chi connectivity index (χ2v) is 5.04. The smallest absolute Gasteiger partial charge is 0.315 e. The number of hydrogen-bond acceptors (Lipinski definition) is 4. The van der Waals surface area contributed by atoms with Crippen LogP contribution in [0.4, 0.5) is 4.79 Å². The van der Waals surface area contributed by atoms with Crippen LogP contribution in [0.5, 0.6) is 0 Å². The lowest BCUT2D eigenvalue weighted by Crippen LogP contribution is -2.57. The summed E-state index contributed by atoms with van der Waals surface area (Å²) >= 11 is 0. The Morgan fingerprint density at radius 3 is 2.55 bits per heavy atom. The molecule has 0 unspecified atom stereocenters. The van der Waals surface area contributed by atoms with Crippen LogP contribution < -0.4 is 10.6 Å². The van der Waals surface area contributed by atoms with Crippen molar-refractivity contribution in [3.05, 3.63) is 0 Å². The number of carbonyl (C=O) groups excluding carboxylic acids is 1. The molecule has 3 N–H and O–H groups in total. The first-order chi connectivity index (χ1) is 9.58. The third kappa shape index (κ3) is 6.21. The highest BCUT2D eigenvalue weighted by atomic mass is 16.5. The van der Waals surface area contributed by atoms with Gasteiger partial charge in [-0.05, 0) is 25.7 Å². The van der Waals surface area contributed by atoms with Gasteiger partial charge < -0.3 is 25.2 Å². The van der Waals surface area contributed by atoms with E-state index in [1.807, 2.05) is 0 Å². The summed E-state index contributed by atoms with van der Waals surface area (Å²) in [5.41, 5.74) is -0.551. The Labute approximate surface area is 119 Å². The molecule has 0 aliphatic heterocycles. The maximum Gasteiger partial charge on any atom is 0.315 e. The van der Waals surface area contributed by atoms with Crippen molar-refractivity contribution in [3.63, 3.8) is 0 Å². The molecule has 0 bridgehead atoms. The number of carboxylic acid groups (broad SMARTS) is 1. The van der Waals surface area contributed by atoms with Gasteiger partial charge in [-0.25, -0.2) is 4.79 Å². The fraction of sp³-hybridized carbons (Fsp3) is 0.846. The van der Waals surface area contributed by atoms with Gasteiger partial charge in [0.05, 0.1) is 25.2 Å². The van der Waals surface area contributed by atoms with Gasteiger partial charge in [-0.3, -0.25) is 4.79 Å². The van der Waals surface area contributed by atoms with Crippen molar-refractivity contribution in [2.75, 3.05) is 33.5 Å². The second-order valence-electron chi connectivity index (χ2n) is 5.04. The van der Waals surface area contributed by atoms with E-state index in [4.69, 9.17) is 14.6 Å². The molecule has 1 rings (SSSR count). The third-order valence-electron chi connectivity index (χ3n) is 3.36. The van der Waals surface area contributed by atoms with Crippen LogP contribution in [0.1, 0.15) is 32.1 Å². The highest BCUT2D eigenvalue weighted by Crippen LogP contribution is 2.34. The van der Waals surface area contributed by atoms with Crippen molar-refractivity contribution in [1.29, 1.82) is 0 Å². The Hall–Kier alpha value is -1.34. The summed E-state index contributed by atoms with van der Waals surface area (Å²) in [6.07, 6.45) is 3.12. The van der Waals surface area contributed by atoms with Gasteiger partial charge >= 0.3 is 12.0 Å². The van der Waals surface area contributed by atoms with Crippen LogP contribution in [0.25, 0.3) is 0 Å². The maximum atomic E-state index is 11.7. The molecule has 0 aromatic heterocycles. The molecule has 20 heavy (non-hydrogen) atoms. The van der Waals surface area contributed by atoms with Gasteiger partial charge in [-0.15, -0.1) is 0 Å². The van der Waals surface area contributed by atoms with Gasteiger partial charge in [-0.1, -0.05) is 0 Å². The van der Waals surface area contributed by atoms with E-state index in [9.17, 15) is 9.59 Å². The molecular weight excluding hydrogens is 264 g/mol. The van der Waals surface area contributed by atoms with Gasteiger partial charge in [0.2, 0.25) is 0 Å². The van der Waals surface area contributed by atoms with Gasteiger partial charge in [0, 0.05) is 20.3 Å². The van der Waals surface area contributed by atoms with Crippen LogP contribution in [0, 0.1) is 0 Å². The summed E-state index contributed by atoms with van der Waals surface area (Å²) in [5.74, 6) is -0.878. The fourth-order valence-corrected chi connectivity index (χ4v) is 2.14. The Morgan fingerprint density at radius 1 is 1.25 bits per heavy atom. The van der Waals surface area contributed by atoms with Gasteiger partial charge in [0.15, 0.2) is 0 Å². The van der Waals surface area contributed by atoms with E-state index in [1.54, 1.807) is 7.11 Å². The average Bonchev–Trinajstić information content (AvgIpc) is 2.34. The average molecular weight is 288 g/mol. The first-order valence-electron chi connectivity index (χ1n) is 6.92. The molecule has 0 spiro atoms. The molecule has 7 heteroatoms. The standard InChI is InChI=1S/C13H24N2O5/c1-19-8-9-20-7-3-6-14-12(18)15-13(4-2-5-13)10-11(16)17/h2-10H2,1H3,(H,16,17)(H2,14,15,18). The minimum atomic E-state index is -0.878. The summed E-state index contributed by atoms with van der Waals surface area (Å²) < 4.78 is 10.1. The van der Waals surface area contributed by atoms with E-state index in [-0.39, 0.29) is 12.5 Å². The quantitative estimate of drug-likeness (QED) is 0.515. The number of methoxy groups -OCH3 is 1. The van der Waals surface area contributed by atoms with Crippen LogP contribution in [-0.2, 0) is 14.3 Å². The largest absolute Gasteiger partial charge is 0.481 e. The lowest BCUT2D eigenvalue weighted by atomic mass is 9.74. The lowest BCUT2D eigenvalue weighted by Gasteiger charge is -2.41. The van der Waals surface area contributed by atoms with Crippen molar-refractivity contribution < 1.29 is 24.2 Å². The highest BCUT2D eigenvalue weighted by molar-refractivity contribution is 5.77. The second kappa shape index (κ2) is 8.76. The molecule has 2 amide bonds. The highest BCUT2D eigenvalue weighted by Gasteiger charge is 2.40. The number of carbonyl (C=O) groups is 2. The third-order valence-corrected chi connectivity index (χ3v) is 3.36. The van der Waals surface area contributed by atoms with Gasteiger partial charge in [-0.2, -0.15) is 0 Å². The first kappa shape index (κ1) is 16.7. The minimum absolute atomic E-state index is 0.0133. The molecule has 0 heterocycles.